The minimum atomic E-state index is -2.96. The van der Waals surface area contributed by atoms with Gasteiger partial charge in [0.05, 0.1) is 0 Å². The molecule has 1 fully saturated rings. The van der Waals surface area contributed by atoms with E-state index in [1.807, 2.05) is 0 Å². The molecule has 0 saturated carbocycles. The van der Waals surface area contributed by atoms with Gasteiger partial charge in [-0.1, -0.05) is 0 Å². The van der Waals surface area contributed by atoms with E-state index in [4.69, 9.17) is 4.41 Å². The number of hydrogen-bond acceptors (Lipinski definition) is 4. The maximum atomic E-state index is 6.08. The van der Waals surface area contributed by atoms with Gasteiger partial charge in [0.15, 0.2) is 0 Å². The van der Waals surface area contributed by atoms with Crippen LogP contribution in [-0.2, 0) is 0 Å². The first-order chi connectivity index (χ1) is 13.8. The zero-order valence-corrected chi connectivity index (χ0v) is 30.8. The predicted molar refractivity (Wildman–Crippen MR) is 162 cm³/mol. The number of nitrogens with zero attached hydrogens (tertiary/aromatic N) is 7. The van der Waals surface area contributed by atoms with Gasteiger partial charge in [-0.25, -0.2) is 0 Å². The zero-order chi connectivity index (χ0) is 26.1. The van der Waals surface area contributed by atoms with Crippen molar-refractivity contribution < 1.29 is 0 Å². The molecule has 32 heavy (non-hydrogen) atoms. The first-order valence-corrected chi connectivity index (χ1v) is 29.2. The van der Waals surface area contributed by atoms with Gasteiger partial charge in [-0.3, -0.25) is 0 Å². The summed E-state index contributed by atoms with van der Waals surface area (Å²) in [5, 5.41) is 0. The molecule has 7 nitrogen and oxygen atoms in total. The first kappa shape index (κ1) is 31.3. The standard InChI is InChI=1S/C19H57N7P2Si4/c1-21(2)28(22(3)4,23(5)6)24(7)27(20-29(8,9)10,25(28)30(11,12)13)26(31(14,15)16)32(17,18)19/h1-19H3. The van der Waals surface area contributed by atoms with Gasteiger partial charge in [-0.15, -0.1) is 0 Å². The van der Waals surface area contributed by atoms with E-state index in [1.54, 1.807) is 0 Å². The number of hydrogen-bond donors (Lipinski definition) is 0. The predicted octanol–water partition coefficient (Wildman–Crippen LogP) is 6.63. The van der Waals surface area contributed by atoms with Crippen molar-refractivity contribution in [2.45, 2.75) is 78.6 Å². The second-order valence-corrected chi connectivity index (χ2v) is 43.6. The van der Waals surface area contributed by atoms with Crippen LogP contribution in [0.4, 0.5) is 0 Å². The summed E-state index contributed by atoms with van der Waals surface area (Å²) in [7, 11) is 4.13. The van der Waals surface area contributed by atoms with Crippen molar-refractivity contribution in [2.24, 2.45) is 4.41 Å². The third-order valence-electron chi connectivity index (χ3n) is 6.22. The Balaban J connectivity index is 4.52. The van der Waals surface area contributed by atoms with Crippen LogP contribution in [0, 0.1) is 0 Å². The Hall–Kier alpha value is 1.29. The average molecular weight is 558 g/mol. The minimum absolute atomic E-state index is 1.71. The molecule has 0 spiro atoms. The SMILES string of the molecule is CN(C)P1(N(C)C)(N(C)C)N(C)P(=N[Si](C)(C)C)(N([Si](C)(C)C)[Si](C)(C)C)N1[Si](C)(C)C. The normalized spacial score (nSPS) is 27.0. The van der Waals surface area contributed by atoms with Crippen molar-refractivity contribution in [3.05, 3.63) is 0 Å². The van der Waals surface area contributed by atoms with Crippen molar-refractivity contribution in [1.29, 1.82) is 0 Å². The van der Waals surface area contributed by atoms with Gasteiger partial charge in [0.25, 0.3) is 0 Å². The Labute approximate surface area is 206 Å². The Morgan fingerprint density at radius 1 is 0.625 bits per heavy atom. The van der Waals surface area contributed by atoms with Crippen LogP contribution >= 0.6 is 14.9 Å². The molecule has 0 bridgehead atoms. The molecule has 1 atom stereocenters. The van der Waals surface area contributed by atoms with E-state index in [9.17, 15) is 0 Å². The molecule has 0 amide bonds. The summed E-state index contributed by atoms with van der Waals surface area (Å²) < 4.78 is 22.8. The van der Waals surface area contributed by atoms with Crippen LogP contribution in [0.2, 0.25) is 78.6 Å². The molecule has 1 saturated heterocycles. The summed E-state index contributed by atoms with van der Waals surface area (Å²) in [5.74, 6) is 0. The zero-order valence-electron chi connectivity index (χ0n) is 25.0. The van der Waals surface area contributed by atoms with Crippen LogP contribution in [0.5, 0.6) is 0 Å². The monoisotopic (exact) mass is 557 g/mol. The summed E-state index contributed by atoms with van der Waals surface area (Å²) >= 11 is 0. The Kier molecular flexibility index (Phi) is 8.51. The fourth-order valence-electron chi connectivity index (χ4n) is 6.52. The molecular formula is C19H57N7P2Si4. The van der Waals surface area contributed by atoms with Crippen molar-refractivity contribution in [2.75, 3.05) is 49.3 Å². The molecule has 0 aromatic rings. The van der Waals surface area contributed by atoms with Crippen molar-refractivity contribution in [3.63, 3.8) is 0 Å². The molecule has 0 aromatic heterocycles. The Morgan fingerprint density at radius 3 is 1.12 bits per heavy atom. The third kappa shape index (κ3) is 4.14. The Morgan fingerprint density at radius 2 is 0.938 bits per heavy atom. The molecule has 1 rings (SSSR count). The van der Waals surface area contributed by atoms with Crippen molar-refractivity contribution >= 4 is 47.8 Å². The topological polar surface area (TPSA) is 31.8 Å². The summed E-state index contributed by atoms with van der Waals surface area (Å²) in [6.07, 6.45) is 0. The molecule has 194 valence electrons. The average Bonchev–Trinajstić information content (AvgIpc) is 2.43. The van der Waals surface area contributed by atoms with Crippen LogP contribution in [-0.4, -0.2) is 109 Å². The molecular weight excluding hydrogens is 501 g/mol. The maximum absolute atomic E-state index is 6.08. The van der Waals surface area contributed by atoms with Gasteiger partial charge in [-0.05, 0) is 0 Å². The second kappa shape index (κ2) is 8.70. The molecule has 13 heteroatoms. The third-order valence-corrected chi connectivity index (χ3v) is 39.3. The van der Waals surface area contributed by atoms with Crippen LogP contribution in [0.25, 0.3) is 0 Å². The summed E-state index contributed by atoms with van der Waals surface area (Å²) in [6.45, 7) is 30.3. The molecule has 0 N–H and O–H groups in total. The van der Waals surface area contributed by atoms with E-state index in [0.29, 0.717) is 0 Å². The van der Waals surface area contributed by atoms with Crippen LogP contribution < -0.4 is 0 Å². The van der Waals surface area contributed by atoms with Gasteiger partial charge in [0.1, 0.15) is 0 Å². The fraction of sp³-hybridized carbons (Fsp3) is 1.00. The van der Waals surface area contributed by atoms with Crippen molar-refractivity contribution in [1.82, 2.24) is 26.6 Å². The quantitative estimate of drug-likeness (QED) is 0.246. The second-order valence-electron chi connectivity index (χ2n) is 13.8. The summed E-state index contributed by atoms with van der Waals surface area (Å²) in [4.78, 5) is 0. The molecule has 1 aliphatic rings. The van der Waals surface area contributed by atoms with Gasteiger partial charge in [-0.2, -0.15) is 0 Å². The van der Waals surface area contributed by atoms with Crippen LogP contribution in [0.3, 0.4) is 0 Å². The molecule has 0 radical (unpaired) electrons. The van der Waals surface area contributed by atoms with Gasteiger partial charge < -0.3 is 0 Å². The molecule has 1 unspecified atom stereocenters. The Bertz CT molecular complexity index is 723. The van der Waals surface area contributed by atoms with E-state index < -0.39 is 47.8 Å². The number of rotatable bonds is 8. The molecule has 0 aromatic carbocycles. The summed E-state index contributed by atoms with van der Waals surface area (Å²) in [5.41, 5.74) is 0. The van der Waals surface area contributed by atoms with E-state index in [1.165, 1.54) is 0 Å². The summed E-state index contributed by atoms with van der Waals surface area (Å²) in [6, 6.07) is 0. The van der Waals surface area contributed by atoms with Crippen LogP contribution in [0.1, 0.15) is 0 Å². The van der Waals surface area contributed by atoms with Crippen LogP contribution in [0.15, 0.2) is 4.41 Å². The van der Waals surface area contributed by atoms with E-state index in [2.05, 4.69) is 154 Å². The molecule has 1 heterocycles. The van der Waals surface area contributed by atoms with E-state index in [-0.39, 0.29) is 0 Å². The van der Waals surface area contributed by atoms with E-state index in [0.717, 1.165) is 0 Å². The molecule has 0 aliphatic carbocycles. The molecule has 1 aliphatic heterocycles. The van der Waals surface area contributed by atoms with Gasteiger partial charge >= 0.3 is 207 Å². The van der Waals surface area contributed by atoms with E-state index >= 15 is 0 Å². The van der Waals surface area contributed by atoms with Gasteiger partial charge in [0, 0.05) is 0 Å². The van der Waals surface area contributed by atoms with Gasteiger partial charge in [0.2, 0.25) is 0 Å². The first-order valence-electron chi connectivity index (χ1n) is 11.8. The van der Waals surface area contributed by atoms with Crippen molar-refractivity contribution in [3.8, 4) is 0 Å². The fourth-order valence-corrected chi connectivity index (χ4v) is 53.9.